The van der Waals surface area contributed by atoms with Crippen LogP contribution in [0.25, 0.3) is 72.6 Å². The number of aromatic nitrogens is 5. The van der Waals surface area contributed by atoms with Crippen molar-refractivity contribution in [1.29, 1.82) is 0 Å². The third-order valence-corrected chi connectivity index (χ3v) is 13.5. The van der Waals surface area contributed by atoms with E-state index in [2.05, 4.69) is 244 Å². The molecule has 0 radical (unpaired) electrons. The maximum absolute atomic E-state index is 6.74. The summed E-state index contributed by atoms with van der Waals surface area (Å²) in [4.78, 5) is 4.94. The summed E-state index contributed by atoms with van der Waals surface area (Å²) in [7, 11) is 0. The van der Waals surface area contributed by atoms with Crippen molar-refractivity contribution < 1.29 is 30.4 Å². The van der Waals surface area contributed by atoms with Crippen molar-refractivity contribution >= 4 is 21.8 Å². The summed E-state index contributed by atoms with van der Waals surface area (Å²) >= 11 is 0. The van der Waals surface area contributed by atoms with Crippen molar-refractivity contribution in [2.75, 3.05) is 0 Å². The third kappa shape index (κ3) is 9.99. The van der Waals surface area contributed by atoms with Crippen LogP contribution in [0, 0.1) is 18.5 Å². The molecule has 0 aliphatic heterocycles. The van der Waals surface area contributed by atoms with Gasteiger partial charge in [-0.25, -0.2) is 4.98 Å². The number of rotatable bonds is 8. The van der Waals surface area contributed by atoms with E-state index < -0.39 is 0 Å². The Morgan fingerprint density at radius 2 is 1.11 bits per heavy atom. The summed E-state index contributed by atoms with van der Waals surface area (Å²) in [5.41, 5.74) is 13.7. The van der Waals surface area contributed by atoms with Crippen molar-refractivity contribution in [1.82, 2.24) is 19.3 Å². The van der Waals surface area contributed by atoms with Crippen molar-refractivity contribution in [2.45, 2.75) is 105 Å². The van der Waals surface area contributed by atoms with Crippen LogP contribution in [-0.2, 0) is 42.7 Å². The first-order valence-corrected chi connectivity index (χ1v) is 24.7. The molecule has 6 nitrogen and oxygen atoms in total. The number of nitrogens with zero attached hydrogens (tertiary/aromatic N) is 5. The summed E-state index contributed by atoms with van der Waals surface area (Å²) in [6.45, 7) is 27.1. The number of hydrogen-bond acceptors (Lipinski definition) is 3. The SMILES string of the molecule is CC(C)(C)c1cc(-[n+]2[c-]n(-c3[c-]c(Oc4[c-]c5c(cc4)c4cc(-c6ccccc6)ccc4n5-c4cc(C(C)(C)C)ccn4)ccc3)nc2-c2cc(C(C)(C)C)ccc2-c2ccccc2)cc(C(C)(C)C)c1.[Pt]. The van der Waals surface area contributed by atoms with E-state index >= 15 is 0 Å². The summed E-state index contributed by atoms with van der Waals surface area (Å²) in [6.07, 6.45) is 5.62. The quantitative estimate of drug-likeness (QED) is 0.113. The van der Waals surface area contributed by atoms with Gasteiger partial charge in [-0.2, -0.15) is 22.9 Å². The van der Waals surface area contributed by atoms with Crippen LogP contribution < -0.4 is 9.30 Å². The smallest absolute Gasteiger partial charge is 0.232 e. The van der Waals surface area contributed by atoms with Crippen molar-refractivity contribution in [2.24, 2.45) is 0 Å². The van der Waals surface area contributed by atoms with E-state index in [1.54, 1.807) is 0 Å². The number of hydrogen-bond donors (Lipinski definition) is 0. The molecular formula is C65H63N5OPt-2. The predicted molar refractivity (Wildman–Crippen MR) is 291 cm³/mol. The van der Waals surface area contributed by atoms with Crippen LogP contribution in [0.2, 0.25) is 0 Å². The van der Waals surface area contributed by atoms with Gasteiger partial charge in [0.1, 0.15) is 5.82 Å². The van der Waals surface area contributed by atoms with Gasteiger partial charge in [-0.3, -0.25) is 0 Å². The first-order chi connectivity index (χ1) is 33.7. The van der Waals surface area contributed by atoms with Crippen molar-refractivity contribution in [3.63, 3.8) is 0 Å². The first-order valence-electron chi connectivity index (χ1n) is 24.7. The zero-order chi connectivity index (χ0) is 50.0. The van der Waals surface area contributed by atoms with Gasteiger partial charge >= 0.3 is 0 Å². The van der Waals surface area contributed by atoms with E-state index in [0.717, 1.165) is 67.0 Å². The van der Waals surface area contributed by atoms with Crippen LogP contribution in [0.5, 0.6) is 11.5 Å². The molecule has 0 saturated heterocycles. The van der Waals surface area contributed by atoms with Crippen LogP contribution >= 0.6 is 0 Å². The molecule has 0 unspecified atom stereocenters. The van der Waals surface area contributed by atoms with Crippen LogP contribution in [-0.4, -0.2) is 19.3 Å². The van der Waals surface area contributed by atoms with Crippen LogP contribution in [0.3, 0.4) is 0 Å². The van der Waals surface area contributed by atoms with Crippen LogP contribution in [0.1, 0.15) is 105 Å². The van der Waals surface area contributed by atoms with Gasteiger partial charge in [0.2, 0.25) is 12.2 Å². The van der Waals surface area contributed by atoms with Gasteiger partial charge < -0.3 is 13.9 Å². The molecule has 7 heteroatoms. The van der Waals surface area contributed by atoms with Gasteiger partial charge in [-0.1, -0.05) is 198 Å². The first kappa shape index (κ1) is 50.1. The van der Waals surface area contributed by atoms with Crippen LogP contribution in [0.15, 0.2) is 164 Å². The fourth-order valence-corrected chi connectivity index (χ4v) is 9.21. The normalized spacial score (nSPS) is 12.3. The topological polar surface area (TPSA) is 48.8 Å². The minimum absolute atomic E-state index is 0. The Kier molecular flexibility index (Phi) is 13.2. The van der Waals surface area contributed by atoms with Crippen LogP contribution in [0.4, 0.5) is 0 Å². The van der Waals surface area contributed by atoms with E-state index in [4.69, 9.17) is 14.8 Å². The number of fused-ring (bicyclic) bond motifs is 3. The van der Waals surface area contributed by atoms with Crippen molar-refractivity contribution in [3.8, 4) is 62.3 Å². The molecule has 0 atom stereocenters. The third-order valence-electron chi connectivity index (χ3n) is 13.5. The summed E-state index contributed by atoms with van der Waals surface area (Å²) < 4.78 is 12.9. The molecule has 72 heavy (non-hydrogen) atoms. The largest absolute Gasteiger partial charge is 0.510 e. The fraction of sp³-hybridized carbons (Fsp3) is 0.246. The zero-order valence-corrected chi connectivity index (χ0v) is 45.8. The number of pyridine rings is 1. The molecule has 0 aliphatic carbocycles. The molecule has 0 N–H and O–H groups in total. The van der Waals surface area contributed by atoms with E-state index in [9.17, 15) is 0 Å². The Hall–Kier alpha value is -6.88. The van der Waals surface area contributed by atoms with Gasteiger partial charge in [0.15, 0.2) is 0 Å². The van der Waals surface area contributed by atoms with Gasteiger partial charge in [-0.05, 0) is 101 Å². The predicted octanol–water partition coefficient (Wildman–Crippen LogP) is 16.0. The van der Waals surface area contributed by atoms with E-state index in [1.165, 1.54) is 22.3 Å². The molecule has 3 heterocycles. The summed E-state index contributed by atoms with van der Waals surface area (Å²) in [5.74, 6) is 2.69. The average Bonchev–Trinajstić information content (AvgIpc) is 3.93. The monoisotopic (exact) mass is 1120 g/mol. The molecule has 0 aliphatic rings. The van der Waals surface area contributed by atoms with Crippen molar-refractivity contribution in [3.05, 3.63) is 205 Å². The maximum atomic E-state index is 6.74. The second kappa shape index (κ2) is 18.9. The number of benzene rings is 7. The van der Waals surface area contributed by atoms with Gasteiger partial charge in [0.25, 0.3) is 0 Å². The molecule has 366 valence electrons. The second-order valence-corrected chi connectivity index (χ2v) is 23.0. The Balaban J connectivity index is 0.00000640. The molecule has 0 bridgehead atoms. The minimum atomic E-state index is -0.0987. The molecule has 10 aromatic rings. The maximum Gasteiger partial charge on any atom is 0.232 e. The molecule has 0 fully saturated rings. The van der Waals surface area contributed by atoms with Gasteiger partial charge in [-0.15, -0.1) is 29.7 Å². The molecule has 0 spiro atoms. The van der Waals surface area contributed by atoms with Gasteiger partial charge in [0.05, 0.1) is 0 Å². The molecule has 3 aromatic heterocycles. The van der Waals surface area contributed by atoms with E-state index in [0.29, 0.717) is 17.2 Å². The Labute approximate surface area is 440 Å². The fourth-order valence-electron chi connectivity index (χ4n) is 9.21. The molecule has 7 aromatic carbocycles. The van der Waals surface area contributed by atoms with Gasteiger partial charge in [0, 0.05) is 55.5 Å². The summed E-state index contributed by atoms with van der Waals surface area (Å²) in [6, 6.07) is 63.1. The zero-order valence-electron chi connectivity index (χ0n) is 43.5. The van der Waals surface area contributed by atoms with E-state index in [-0.39, 0.29) is 42.7 Å². The molecular weight excluding hydrogens is 1060 g/mol. The molecule has 0 saturated carbocycles. The summed E-state index contributed by atoms with van der Waals surface area (Å²) in [5, 5.41) is 7.63. The molecule has 10 rings (SSSR count). The average molecular weight is 1130 g/mol. The molecule has 0 amide bonds. The second-order valence-electron chi connectivity index (χ2n) is 23.0. The standard InChI is InChI=1S/C65H63N5O.Pt/c1-62(2,3)46-27-29-54(44-22-17-14-18-23-44)57(38-46)61-67-69(42-68(61)51-36-48(64(7,8)9)35-49(37-51)65(10,11)12)50-24-19-25-52(40-50)71-53-28-30-55-56-34-45(43-20-15-13-16-21-43)26-31-58(56)70(59(55)41-53)60-39-47(32-33-66-60)63(4,5)6;/h13-39H,1-12H3;/q-2;. The Morgan fingerprint density at radius 1 is 0.486 bits per heavy atom. The Bertz CT molecular complexity index is 3560. The minimum Gasteiger partial charge on any atom is -0.510 e. The number of ether oxygens (including phenoxy) is 1. The Morgan fingerprint density at radius 3 is 1.76 bits per heavy atom. The van der Waals surface area contributed by atoms with E-state index in [1.807, 2.05) is 35.1 Å².